The van der Waals surface area contributed by atoms with Gasteiger partial charge in [-0.05, 0) is 25.6 Å². The maximum atomic E-state index is 3.34. The van der Waals surface area contributed by atoms with E-state index in [1.807, 2.05) is 7.05 Å². The van der Waals surface area contributed by atoms with E-state index in [1.165, 1.54) is 6.42 Å². The van der Waals surface area contributed by atoms with Crippen molar-refractivity contribution in [2.45, 2.75) is 39.8 Å². The van der Waals surface area contributed by atoms with Crippen molar-refractivity contribution in [2.24, 2.45) is 5.92 Å². The van der Waals surface area contributed by atoms with Gasteiger partial charge in [-0.15, -0.1) is 0 Å². The number of hydrogen-bond donors (Lipinski definition) is 1. The van der Waals surface area contributed by atoms with Crippen molar-refractivity contribution in [2.75, 3.05) is 14.1 Å². The molecule has 2 atom stereocenters. The minimum Gasteiger partial charge on any atom is -0.365 e. The molecule has 0 aromatic heterocycles. The van der Waals surface area contributed by atoms with E-state index in [2.05, 4.69) is 50.3 Å². The van der Waals surface area contributed by atoms with Gasteiger partial charge >= 0.3 is 0 Å². The van der Waals surface area contributed by atoms with Gasteiger partial charge in [0.25, 0.3) is 0 Å². The van der Waals surface area contributed by atoms with E-state index in [-0.39, 0.29) is 0 Å². The van der Waals surface area contributed by atoms with Crippen LogP contribution in [0.25, 0.3) is 0 Å². The average molecular weight is 184 g/mol. The summed E-state index contributed by atoms with van der Waals surface area (Å²) >= 11 is 0. The van der Waals surface area contributed by atoms with E-state index >= 15 is 0 Å². The predicted molar refractivity (Wildman–Crippen MR) is 59.5 cm³/mol. The van der Waals surface area contributed by atoms with E-state index < -0.39 is 0 Å². The fourth-order valence-corrected chi connectivity index (χ4v) is 1.48. The highest BCUT2D eigenvalue weighted by atomic mass is 15.2. The van der Waals surface area contributed by atoms with Crippen molar-refractivity contribution < 1.29 is 0 Å². The molecule has 0 fully saturated rings. The lowest BCUT2D eigenvalue weighted by Gasteiger charge is -2.31. The Morgan fingerprint density at radius 2 is 2.00 bits per heavy atom. The van der Waals surface area contributed by atoms with Gasteiger partial charge in [-0.1, -0.05) is 33.3 Å². The molecule has 0 aliphatic rings. The molecule has 2 unspecified atom stereocenters. The summed E-state index contributed by atoms with van der Waals surface area (Å²) < 4.78 is 0. The minimum atomic E-state index is 0.452. The van der Waals surface area contributed by atoms with Crippen LogP contribution < -0.4 is 5.32 Å². The van der Waals surface area contributed by atoms with Crippen LogP contribution in [0.1, 0.15) is 33.6 Å². The smallest absolute Gasteiger partial charge is 0.0810 e. The van der Waals surface area contributed by atoms with Gasteiger partial charge in [0.15, 0.2) is 0 Å². The van der Waals surface area contributed by atoms with E-state index in [0.29, 0.717) is 12.1 Å². The van der Waals surface area contributed by atoms with Crippen LogP contribution in [-0.4, -0.2) is 25.2 Å². The first-order valence-electron chi connectivity index (χ1n) is 5.23. The van der Waals surface area contributed by atoms with E-state index in [4.69, 9.17) is 0 Å². The summed E-state index contributed by atoms with van der Waals surface area (Å²) in [5, 5.41) is 3.34. The van der Waals surface area contributed by atoms with Crippen molar-refractivity contribution in [1.29, 1.82) is 0 Å². The van der Waals surface area contributed by atoms with Crippen LogP contribution >= 0.6 is 0 Å². The molecule has 0 aliphatic carbocycles. The summed E-state index contributed by atoms with van der Waals surface area (Å²) in [5.74, 6) is 0.677. The van der Waals surface area contributed by atoms with Crippen molar-refractivity contribution in [1.82, 2.24) is 10.2 Å². The van der Waals surface area contributed by atoms with E-state index in [0.717, 1.165) is 6.42 Å². The standard InChI is InChI=1S/C11H24N2/c1-6-8-9-13(5)11(12-4)10(3)7-2/h8-12H,6-7H2,1-5H3/b9-8-. The van der Waals surface area contributed by atoms with Crippen LogP contribution in [-0.2, 0) is 0 Å². The summed E-state index contributed by atoms with van der Waals surface area (Å²) in [6.07, 6.45) is 7.10. The summed E-state index contributed by atoms with van der Waals surface area (Å²) in [5.41, 5.74) is 0. The fourth-order valence-electron chi connectivity index (χ4n) is 1.48. The molecule has 0 radical (unpaired) electrons. The molecule has 0 aliphatic heterocycles. The second-order valence-corrected chi connectivity index (χ2v) is 3.58. The molecule has 1 N–H and O–H groups in total. The van der Waals surface area contributed by atoms with Gasteiger partial charge in [-0.25, -0.2) is 0 Å². The summed E-state index contributed by atoms with van der Waals surface area (Å²) in [7, 11) is 4.15. The first-order valence-corrected chi connectivity index (χ1v) is 5.23. The Morgan fingerprint density at radius 1 is 1.38 bits per heavy atom. The molecule has 0 saturated carbocycles. The quantitative estimate of drug-likeness (QED) is 0.638. The molecule has 0 heterocycles. The van der Waals surface area contributed by atoms with Gasteiger partial charge in [0.1, 0.15) is 0 Å². The van der Waals surface area contributed by atoms with Gasteiger partial charge in [0.05, 0.1) is 6.17 Å². The van der Waals surface area contributed by atoms with Crippen LogP contribution in [0.2, 0.25) is 0 Å². The number of allylic oxidation sites excluding steroid dienone is 1. The van der Waals surface area contributed by atoms with Gasteiger partial charge < -0.3 is 10.2 Å². The predicted octanol–water partition coefficient (Wildman–Crippen LogP) is 2.43. The monoisotopic (exact) mass is 184 g/mol. The summed E-state index contributed by atoms with van der Waals surface area (Å²) in [6, 6.07) is 0. The van der Waals surface area contributed by atoms with Gasteiger partial charge in [0, 0.05) is 7.05 Å². The third-order valence-corrected chi connectivity index (χ3v) is 2.49. The number of nitrogens with one attached hydrogen (secondary N) is 1. The molecule has 78 valence electrons. The van der Waals surface area contributed by atoms with Crippen molar-refractivity contribution in [3.8, 4) is 0 Å². The Kier molecular flexibility index (Phi) is 6.69. The Bertz CT molecular complexity index is 143. The van der Waals surface area contributed by atoms with E-state index in [9.17, 15) is 0 Å². The highest BCUT2D eigenvalue weighted by Gasteiger charge is 2.15. The molecule has 0 aromatic rings. The third kappa shape index (κ3) is 4.32. The Morgan fingerprint density at radius 3 is 2.38 bits per heavy atom. The molecule has 0 bridgehead atoms. The molecular formula is C11H24N2. The van der Waals surface area contributed by atoms with Crippen LogP contribution in [0.4, 0.5) is 0 Å². The Labute approximate surface area is 83.0 Å². The molecule has 0 spiro atoms. The molecule has 0 saturated heterocycles. The largest absolute Gasteiger partial charge is 0.365 e. The third-order valence-electron chi connectivity index (χ3n) is 2.49. The zero-order valence-corrected chi connectivity index (χ0v) is 9.67. The summed E-state index contributed by atoms with van der Waals surface area (Å²) in [6.45, 7) is 6.66. The van der Waals surface area contributed by atoms with Gasteiger partial charge in [-0.2, -0.15) is 0 Å². The molecule has 2 nitrogen and oxygen atoms in total. The van der Waals surface area contributed by atoms with Crippen LogP contribution in [0.5, 0.6) is 0 Å². The maximum Gasteiger partial charge on any atom is 0.0810 e. The highest BCUT2D eigenvalue weighted by Crippen LogP contribution is 2.10. The molecule has 0 rings (SSSR count). The first-order chi connectivity index (χ1) is 6.17. The Hall–Kier alpha value is -0.500. The van der Waals surface area contributed by atoms with E-state index in [1.54, 1.807) is 0 Å². The van der Waals surface area contributed by atoms with Crippen LogP contribution in [0, 0.1) is 5.92 Å². The number of hydrogen-bond acceptors (Lipinski definition) is 2. The Balaban J connectivity index is 4.13. The summed E-state index contributed by atoms with van der Waals surface area (Å²) in [4.78, 5) is 2.25. The molecule has 0 amide bonds. The SMILES string of the molecule is CC/C=C\N(C)C(NC)C(C)CC. The normalized spacial score (nSPS) is 16.1. The lowest BCUT2D eigenvalue weighted by molar-refractivity contribution is 0.209. The van der Waals surface area contributed by atoms with Gasteiger partial charge in [0.2, 0.25) is 0 Å². The topological polar surface area (TPSA) is 15.3 Å². The van der Waals surface area contributed by atoms with Crippen LogP contribution in [0.15, 0.2) is 12.3 Å². The number of nitrogens with zero attached hydrogens (tertiary/aromatic N) is 1. The van der Waals surface area contributed by atoms with Crippen molar-refractivity contribution >= 4 is 0 Å². The first kappa shape index (κ1) is 12.5. The van der Waals surface area contributed by atoms with Crippen molar-refractivity contribution in [3.63, 3.8) is 0 Å². The van der Waals surface area contributed by atoms with Gasteiger partial charge in [-0.3, -0.25) is 0 Å². The zero-order valence-electron chi connectivity index (χ0n) is 9.67. The minimum absolute atomic E-state index is 0.452. The molecule has 0 aromatic carbocycles. The maximum absolute atomic E-state index is 3.34. The molecule has 2 heteroatoms. The lowest BCUT2D eigenvalue weighted by atomic mass is 10.1. The second kappa shape index (κ2) is 6.96. The number of rotatable bonds is 6. The molecular weight excluding hydrogens is 160 g/mol. The second-order valence-electron chi connectivity index (χ2n) is 3.58. The molecule has 13 heavy (non-hydrogen) atoms. The average Bonchev–Trinajstić information content (AvgIpc) is 2.15. The zero-order chi connectivity index (χ0) is 10.3. The lowest BCUT2D eigenvalue weighted by Crippen LogP contribution is -2.43. The van der Waals surface area contributed by atoms with Crippen LogP contribution in [0.3, 0.4) is 0 Å². The highest BCUT2D eigenvalue weighted by molar-refractivity contribution is 4.84. The fraction of sp³-hybridized carbons (Fsp3) is 0.818. The van der Waals surface area contributed by atoms with Crippen molar-refractivity contribution in [3.05, 3.63) is 12.3 Å².